The van der Waals surface area contributed by atoms with E-state index in [1.54, 1.807) is 6.92 Å². The lowest BCUT2D eigenvalue weighted by molar-refractivity contribution is -0.767. The van der Waals surface area contributed by atoms with Crippen LogP contribution in [0.4, 0.5) is 5.88 Å². The van der Waals surface area contributed by atoms with Crippen molar-refractivity contribution in [2.45, 2.75) is 33.4 Å². The molecule has 1 heterocycles. The van der Waals surface area contributed by atoms with Gasteiger partial charge in [-0.05, 0) is 31.4 Å². The molecule has 0 spiro atoms. The van der Waals surface area contributed by atoms with Gasteiger partial charge in [0.15, 0.2) is 6.54 Å². The quantitative estimate of drug-likeness (QED) is 0.402. The molecule has 0 bridgehead atoms. The molecule has 6 nitrogen and oxygen atoms in total. The van der Waals surface area contributed by atoms with Crippen molar-refractivity contribution in [1.29, 1.82) is 0 Å². The molecule has 0 radical (unpaired) electrons. The molecule has 1 atom stereocenters. The predicted molar refractivity (Wildman–Crippen MR) is 45.8 cm³/mol. The minimum atomic E-state index is -0.765. The third-order valence-electron chi connectivity index (χ3n) is 1.68. The second kappa shape index (κ2) is 4.19. The van der Waals surface area contributed by atoms with Gasteiger partial charge >= 0.3 is 11.6 Å². The monoisotopic (exact) mass is 199 g/mol. The van der Waals surface area contributed by atoms with Crippen molar-refractivity contribution in [1.82, 2.24) is 5.27 Å². The van der Waals surface area contributed by atoms with Crippen LogP contribution in [0.25, 0.3) is 0 Å². The third-order valence-corrected chi connectivity index (χ3v) is 1.68. The lowest BCUT2D eigenvalue weighted by Crippen LogP contribution is -2.38. The summed E-state index contributed by atoms with van der Waals surface area (Å²) in [6, 6.07) is 0. The lowest BCUT2D eigenvalue weighted by Gasteiger charge is -2.00. The Morgan fingerprint density at radius 3 is 2.86 bits per heavy atom. The van der Waals surface area contributed by atoms with Crippen LogP contribution in [0.3, 0.4) is 0 Å². The molecule has 0 saturated heterocycles. The molecule has 1 aromatic heterocycles. The van der Waals surface area contributed by atoms with Gasteiger partial charge in [-0.25, -0.2) is 4.99 Å². The molecule has 0 aromatic carbocycles. The number of aliphatic hydroxyl groups is 1. The van der Waals surface area contributed by atoms with Crippen LogP contribution in [0.1, 0.15) is 32.6 Å². The molecule has 0 aliphatic rings. The highest BCUT2D eigenvalue weighted by Gasteiger charge is 2.27. The molecular weight excluding hydrogens is 186 g/mol. The summed E-state index contributed by atoms with van der Waals surface area (Å²) < 4.78 is 6.29. The zero-order valence-corrected chi connectivity index (χ0v) is 8.39. The Bertz CT molecular complexity index is 340. The molecule has 0 aliphatic heterocycles. The van der Waals surface area contributed by atoms with Gasteiger partial charge in [-0.15, -0.1) is 0 Å². The highest BCUT2D eigenvalue weighted by atomic mass is 16.5. The van der Waals surface area contributed by atoms with Gasteiger partial charge < -0.3 is 10.2 Å². The van der Waals surface area contributed by atoms with Crippen LogP contribution in [0.5, 0.6) is 0 Å². The number of aromatic nitrogens is 2. The summed E-state index contributed by atoms with van der Waals surface area (Å²) in [5, 5.41) is 23.8. The first-order valence-electron chi connectivity index (χ1n) is 4.36. The van der Waals surface area contributed by atoms with Crippen molar-refractivity contribution in [3.05, 3.63) is 5.69 Å². The van der Waals surface area contributed by atoms with E-state index in [0.29, 0.717) is 12.2 Å². The van der Waals surface area contributed by atoms with E-state index in [-0.39, 0.29) is 11.8 Å². The van der Waals surface area contributed by atoms with E-state index in [4.69, 9.17) is 4.52 Å². The maximum atomic E-state index is 10.7. The first-order valence-corrected chi connectivity index (χ1v) is 4.36. The topological polar surface area (TPSA) is 85.6 Å². The molecule has 0 aliphatic carbocycles. The largest absolute Gasteiger partial charge is 0.862 e. The van der Waals surface area contributed by atoms with Gasteiger partial charge in [0.2, 0.25) is 5.27 Å². The van der Waals surface area contributed by atoms with Gasteiger partial charge in [-0.1, -0.05) is 0 Å². The highest BCUT2D eigenvalue weighted by Crippen LogP contribution is 2.20. The van der Waals surface area contributed by atoms with Crippen LogP contribution in [0.2, 0.25) is 0 Å². The van der Waals surface area contributed by atoms with Crippen LogP contribution in [-0.4, -0.2) is 16.3 Å². The molecule has 6 heteroatoms. The summed E-state index contributed by atoms with van der Waals surface area (Å²) in [6.07, 6.45) is -0.765. The summed E-state index contributed by atoms with van der Waals surface area (Å²) in [4.78, 5) is 3.60. The highest BCUT2D eigenvalue weighted by molar-refractivity contribution is 5.71. The zero-order chi connectivity index (χ0) is 10.7. The Hall–Kier alpha value is -1.43. The van der Waals surface area contributed by atoms with Crippen molar-refractivity contribution < 1.29 is 19.4 Å². The maximum absolute atomic E-state index is 10.7. The molecule has 78 valence electrons. The second-order valence-corrected chi connectivity index (χ2v) is 2.89. The summed E-state index contributed by atoms with van der Waals surface area (Å²) in [5.41, 5.74) is 0.419. The molecule has 1 unspecified atom stereocenters. The summed E-state index contributed by atoms with van der Waals surface area (Å²) in [5.74, 6) is -0.305. The van der Waals surface area contributed by atoms with E-state index in [9.17, 15) is 10.2 Å². The maximum Gasteiger partial charge on any atom is 0.326 e. The number of aliphatic imine (C=N–C) groups is 1. The van der Waals surface area contributed by atoms with Crippen LogP contribution in [0.15, 0.2) is 9.52 Å². The Morgan fingerprint density at radius 1 is 1.79 bits per heavy atom. The SMILES string of the molecule is CC[n+]1noc(/N=C(/C)[O-])c1C(C)O. The smallest absolute Gasteiger partial charge is 0.326 e. The van der Waals surface area contributed by atoms with E-state index in [0.717, 1.165) is 0 Å². The van der Waals surface area contributed by atoms with Gasteiger partial charge in [0.1, 0.15) is 6.10 Å². The van der Waals surface area contributed by atoms with Crippen LogP contribution < -0.4 is 9.79 Å². The number of rotatable bonds is 3. The fourth-order valence-electron chi connectivity index (χ4n) is 1.13. The second-order valence-electron chi connectivity index (χ2n) is 2.89. The van der Waals surface area contributed by atoms with E-state index < -0.39 is 6.10 Å². The van der Waals surface area contributed by atoms with Gasteiger partial charge in [-0.2, -0.15) is 0 Å². The van der Waals surface area contributed by atoms with Gasteiger partial charge in [0.05, 0.1) is 0 Å². The number of nitrogens with zero attached hydrogens (tertiary/aromatic N) is 3. The van der Waals surface area contributed by atoms with E-state index in [2.05, 4.69) is 10.3 Å². The van der Waals surface area contributed by atoms with Crippen molar-refractivity contribution in [2.75, 3.05) is 0 Å². The zero-order valence-electron chi connectivity index (χ0n) is 8.39. The first kappa shape index (κ1) is 10.6. The minimum Gasteiger partial charge on any atom is -0.862 e. The van der Waals surface area contributed by atoms with Crippen LogP contribution >= 0.6 is 0 Å². The number of hydrogen-bond acceptors (Lipinski definition) is 5. The minimum absolute atomic E-state index is 0.0781. The lowest BCUT2D eigenvalue weighted by atomic mass is 10.3. The molecule has 1 N–H and O–H groups in total. The fourth-order valence-corrected chi connectivity index (χ4v) is 1.13. The Kier molecular flexibility index (Phi) is 3.19. The summed E-state index contributed by atoms with van der Waals surface area (Å²) in [7, 11) is 0. The van der Waals surface area contributed by atoms with Crippen molar-refractivity contribution >= 4 is 11.8 Å². The molecule has 0 saturated carbocycles. The molecule has 0 amide bonds. The molecule has 14 heavy (non-hydrogen) atoms. The van der Waals surface area contributed by atoms with Crippen molar-refractivity contribution in [3.8, 4) is 0 Å². The Labute approximate surface area is 81.5 Å². The van der Waals surface area contributed by atoms with E-state index in [1.165, 1.54) is 11.6 Å². The van der Waals surface area contributed by atoms with Gasteiger partial charge in [0, 0.05) is 0 Å². The Morgan fingerprint density at radius 2 is 2.43 bits per heavy atom. The summed E-state index contributed by atoms with van der Waals surface area (Å²) >= 11 is 0. The van der Waals surface area contributed by atoms with E-state index >= 15 is 0 Å². The standard InChI is InChI=1S/C8H13N3O3/c1-4-11-7(5(2)12)8(14-10-11)9-6(3)13/h5,12H,4H2,1-3H3. The summed E-state index contributed by atoms with van der Waals surface area (Å²) in [6.45, 7) is 5.28. The molecular formula is C8H13N3O3. The average Bonchev–Trinajstić information content (AvgIpc) is 2.46. The van der Waals surface area contributed by atoms with Crippen LogP contribution in [0, 0.1) is 0 Å². The fraction of sp³-hybridized carbons (Fsp3) is 0.625. The predicted octanol–water partition coefficient (Wildman–Crippen LogP) is -0.554. The van der Waals surface area contributed by atoms with Crippen molar-refractivity contribution in [2.24, 2.45) is 4.99 Å². The molecule has 1 aromatic rings. The first-order chi connectivity index (χ1) is 6.56. The van der Waals surface area contributed by atoms with Crippen LogP contribution in [-0.2, 0) is 6.54 Å². The number of aryl methyl sites for hydroxylation is 1. The average molecular weight is 199 g/mol. The Balaban J connectivity index is 3.17. The third kappa shape index (κ3) is 2.08. The normalized spacial score (nSPS) is 14.4. The van der Waals surface area contributed by atoms with Crippen molar-refractivity contribution in [3.63, 3.8) is 0 Å². The van der Waals surface area contributed by atoms with E-state index in [1.807, 2.05) is 6.92 Å². The van der Waals surface area contributed by atoms with Gasteiger partial charge in [0.25, 0.3) is 0 Å². The number of hydrogen-bond donors (Lipinski definition) is 1. The molecule has 0 fully saturated rings. The molecule has 1 rings (SSSR count). The van der Waals surface area contributed by atoms with Gasteiger partial charge in [-0.3, -0.25) is 4.52 Å². The number of aliphatic hydroxyl groups excluding tert-OH is 1.